The summed E-state index contributed by atoms with van der Waals surface area (Å²) < 4.78 is 16.9. The second-order valence-corrected chi connectivity index (χ2v) is 7.53. The molecule has 6 heteroatoms. The van der Waals surface area contributed by atoms with Crippen LogP contribution in [-0.4, -0.2) is 20.1 Å². The molecule has 0 radical (unpaired) electrons. The fourth-order valence-corrected chi connectivity index (χ4v) is 3.65. The number of halogens is 1. The van der Waals surface area contributed by atoms with E-state index in [4.69, 9.17) is 25.8 Å². The van der Waals surface area contributed by atoms with Gasteiger partial charge in [0, 0.05) is 21.5 Å². The van der Waals surface area contributed by atoms with Crippen LogP contribution < -0.4 is 19.5 Å². The van der Waals surface area contributed by atoms with Crippen LogP contribution in [0, 0.1) is 0 Å². The number of carbonyl (C=O) groups excluding carboxylic acids is 1. The fraction of sp³-hybridized carbons (Fsp3) is 0.115. The average molecular weight is 448 g/mol. The van der Waals surface area contributed by atoms with Crippen LogP contribution in [0.2, 0.25) is 5.02 Å². The molecule has 5 nitrogen and oxygen atoms in total. The quantitative estimate of drug-likeness (QED) is 0.359. The van der Waals surface area contributed by atoms with Crippen molar-refractivity contribution in [1.29, 1.82) is 0 Å². The lowest BCUT2D eigenvalue weighted by atomic mass is 10.1. The van der Waals surface area contributed by atoms with Crippen molar-refractivity contribution in [2.45, 2.75) is 6.61 Å². The predicted octanol–water partition coefficient (Wildman–Crippen LogP) is 6.34. The van der Waals surface area contributed by atoms with Gasteiger partial charge in [0.05, 0.1) is 19.9 Å². The van der Waals surface area contributed by atoms with Gasteiger partial charge < -0.3 is 19.5 Å². The molecule has 0 spiro atoms. The van der Waals surface area contributed by atoms with Gasteiger partial charge in [-0.05, 0) is 47.9 Å². The van der Waals surface area contributed by atoms with Crippen LogP contribution in [0.1, 0.15) is 15.9 Å². The van der Waals surface area contributed by atoms with Crippen LogP contribution in [0.15, 0.2) is 78.9 Å². The van der Waals surface area contributed by atoms with Gasteiger partial charge in [-0.25, -0.2) is 0 Å². The highest BCUT2D eigenvalue weighted by molar-refractivity contribution is 6.31. The van der Waals surface area contributed by atoms with Gasteiger partial charge in [0.15, 0.2) is 0 Å². The molecule has 0 fully saturated rings. The zero-order chi connectivity index (χ0) is 22.5. The lowest BCUT2D eigenvalue weighted by Crippen LogP contribution is -2.13. The molecule has 0 bridgehead atoms. The van der Waals surface area contributed by atoms with E-state index in [0.29, 0.717) is 27.8 Å². The van der Waals surface area contributed by atoms with E-state index >= 15 is 0 Å². The van der Waals surface area contributed by atoms with E-state index in [-0.39, 0.29) is 12.5 Å². The molecule has 0 aliphatic heterocycles. The molecule has 162 valence electrons. The molecular weight excluding hydrogens is 426 g/mol. The van der Waals surface area contributed by atoms with Crippen LogP contribution in [0.3, 0.4) is 0 Å². The number of ether oxygens (including phenoxy) is 3. The summed E-state index contributed by atoms with van der Waals surface area (Å²) in [5, 5.41) is 5.47. The van der Waals surface area contributed by atoms with E-state index in [1.54, 1.807) is 43.5 Å². The molecular formula is C26H22ClNO4. The highest BCUT2D eigenvalue weighted by atomic mass is 35.5. The van der Waals surface area contributed by atoms with Gasteiger partial charge >= 0.3 is 0 Å². The van der Waals surface area contributed by atoms with E-state index in [1.165, 1.54) is 7.11 Å². The highest BCUT2D eigenvalue weighted by Crippen LogP contribution is 2.30. The molecule has 0 atom stereocenters. The van der Waals surface area contributed by atoms with Crippen molar-refractivity contribution in [2.24, 2.45) is 0 Å². The standard InChI is InChI=1S/C26H22ClNO4/c1-30-23-12-10-18(26(29)28-22-15-20(27)11-13-25(22)31-2)14-19(23)16-32-24-9-5-7-17-6-3-4-8-21(17)24/h3-15H,16H2,1-2H3,(H,28,29). The lowest BCUT2D eigenvalue weighted by molar-refractivity contribution is 0.102. The normalized spacial score (nSPS) is 10.6. The molecule has 1 N–H and O–H groups in total. The Balaban J connectivity index is 1.57. The summed E-state index contributed by atoms with van der Waals surface area (Å²) >= 11 is 6.07. The number of anilines is 1. The summed E-state index contributed by atoms with van der Waals surface area (Å²) in [5.41, 5.74) is 1.71. The molecule has 32 heavy (non-hydrogen) atoms. The van der Waals surface area contributed by atoms with E-state index in [2.05, 4.69) is 5.32 Å². The summed E-state index contributed by atoms with van der Waals surface area (Å²) in [7, 11) is 3.13. The molecule has 0 aliphatic rings. The first kappa shape index (κ1) is 21.5. The molecule has 0 saturated carbocycles. The smallest absolute Gasteiger partial charge is 0.255 e. The monoisotopic (exact) mass is 447 g/mol. The number of methoxy groups -OCH3 is 2. The van der Waals surface area contributed by atoms with Gasteiger partial charge in [-0.3, -0.25) is 4.79 Å². The Morgan fingerprint density at radius 2 is 1.59 bits per heavy atom. The molecule has 0 aliphatic carbocycles. The summed E-state index contributed by atoms with van der Waals surface area (Å²) in [5.74, 6) is 1.64. The molecule has 0 unspecified atom stereocenters. The number of fused-ring (bicyclic) bond motifs is 1. The second kappa shape index (κ2) is 9.62. The summed E-state index contributed by atoms with van der Waals surface area (Å²) in [4.78, 5) is 12.9. The van der Waals surface area contributed by atoms with Crippen molar-refractivity contribution in [2.75, 3.05) is 19.5 Å². The van der Waals surface area contributed by atoms with Crippen LogP contribution in [0.25, 0.3) is 10.8 Å². The van der Waals surface area contributed by atoms with Gasteiger partial charge in [-0.2, -0.15) is 0 Å². The number of benzene rings is 4. The largest absolute Gasteiger partial charge is 0.496 e. The van der Waals surface area contributed by atoms with Crippen molar-refractivity contribution < 1.29 is 19.0 Å². The fourth-order valence-electron chi connectivity index (χ4n) is 3.48. The lowest BCUT2D eigenvalue weighted by Gasteiger charge is -2.14. The van der Waals surface area contributed by atoms with E-state index in [1.807, 2.05) is 42.5 Å². The topological polar surface area (TPSA) is 56.8 Å². The Morgan fingerprint density at radius 1 is 0.844 bits per heavy atom. The minimum atomic E-state index is -0.292. The van der Waals surface area contributed by atoms with Gasteiger partial charge in [-0.15, -0.1) is 0 Å². The maximum atomic E-state index is 12.9. The Labute approximate surface area is 191 Å². The number of carbonyl (C=O) groups is 1. The van der Waals surface area contributed by atoms with Crippen LogP contribution in [-0.2, 0) is 6.61 Å². The van der Waals surface area contributed by atoms with Crippen LogP contribution >= 0.6 is 11.6 Å². The molecule has 4 aromatic carbocycles. The van der Waals surface area contributed by atoms with Gasteiger partial charge in [-0.1, -0.05) is 48.0 Å². The molecule has 4 aromatic rings. The van der Waals surface area contributed by atoms with Crippen LogP contribution in [0.5, 0.6) is 17.2 Å². The van der Waals surface area contributed by atoms with E-state index in [0.717, 1.165) is 22.1 Å². The molecule has 4 rings (SSSR count). The molecule has 0 saturated heterocycles. The third kappa shape index (κ3) is 4.63. The number of nitrogens with one attached hydrogen (secondary N) is 1. The minimum absolute atomic E-state index is 0.249. The third-order valence-corrected chi connectivity index (χ3v) is 5.32. The number of hydrogen-bond acceptors (Lipinski definition) is 4. The zero-order valence-corrected chi connectivity index (χ0v) is 18.5. The van der Waals surface area contributed by atoms with Crippen molar-refractivity contribution >= 4 is 34.0 Å². The average Bonchev–Trinajstić information content (AvgIpc) is 2.82. The van der Waals surface area contributed by atoms with Crippen molar-refractivity contribution in [3.63, 3.8) is 0 Å². The van der Waals surface area contributed by atoms with E-state index < -0.39 is 0 Å². The molecule has 0 aromatic heterocycles. The maximum absolute atomic E-state index is 12.9. The first-order valence-electron chi connectivity index (χ1n) is 10.0. The van der Waals surface area contributed by atoms with Gasteiger partial charge in [0.25, 0.3) is 5.91 Å². The SMILES string of the molecule is COc1ccc(C(=O)Nc2cc(Cl)ccc2OC)cc1COc1cccc2ccccc12. The second-order valence-electron chi connectivity index (χ2n) is 7.09. The first-order chi connectivity index (χ1) is 15.6. The Hall–Kier alpha value is -3.70. The Bertz CT molecular complexity index is 1270. The summed E-state index contributed by atoms with van der Waals surface area (Å²) in [6.45, 7) is 0.249. The Kier molecular flexibility index (Phi) is 6.47. The van der Waals surface area contributed by atoms with Crippen molar-refractivity contribution in [1.82, 2.24) is 0 Å². The maximum Gasteiger partial charge on any atom is 0.255 e. The Morgan fingerprint density at radius 3 is 2.41 bits per heavy atom. The summed E-state index contributed by atoms with van der Waals surface area (Å²) in [6.07, 6.45) is 0. The zero-order valence-electron chi connectivity index (χ0n) is 17.7. The minimum Gasteiger partial charge on any atom is -0.496 e. The van der Waals surface area contributed by atoms with E-state index in [9.17, 15) is 4.79 Å². The summed E-state index contributed by atoms with van der Waals surface area (Å²) in [6, 6.07) is 24.2. The van der Waals surface area contributed by atoms with Crippen molar-refractivity contribution in [3.05, 3.63) is 95.0 Å². The van der Waals surface area contributed by atoms with Gasteiger partial charge in [0.1, 0.15) is 23.9 Å². The number of hydrogen-bond donors (Lipinski definition) is 1. The van der Waals surface area contributed by atoms with Crippen molar-refractivity contribution in [3.8, 4) is 17.2 Å². The molecule has 1 amide bonds. The predicted molar refractivity (Wildman–Crippen MR) is 127 cm³/mol. The third-order valence-electron chi connectivity index (χ3n) is 5.09. The number of rotatable bonds is 7. The molecule has 0 heterocycles. The highest BCUT2D eigenvalue weighted by Gasteiger charge is 2.14. The first-order valence-corrected chi connectivity index (χ1v) is 10.4. The van der Waals surface area contributed by atoms with Crippen LogP contribution in [0.4, 0.5) is 5.69 Å². The van der Waals surface area contributed by atoms with Gasteiger partial charge in [0.2, 0.25) is 0 Å². The number of amides is 1.